The van der Waals surface area contributed by atoms with E-state index in [0.717, 1.165) is 17.2 Å². The molecule has 100 valence electrons. The highest BCUT2D eigenvalue weighted by Gasteiger charge is 2.30. The highest BCUT2D eigenvalue weighted by Crippen LogP contribution is 2.19. The Hall–Kier alpha value is -1.14. The van der Waals surface area contributed by atoms with Gasteiger partial charge in [-0.05, 0) is 32.1 Å². The van der Waals surface area contributed by atoms with Crippen LogP contribution in [0, 0.1) is 0 Å². The third-order valence-electron chi connectivity index (χ3n) is 2.65. The van der Waals surface area contributed by atoms with Gasteiger partial charge in [-0.1, -0.05) is 6.92 Å². The molecular weight excluding hydrogens is 250 g/mol. The van der Waals surface area contributed by atoms with Crippen LogP contribution in [0.15, 0.2) is 23.6 Å². The van der Waals surface area contributed by atoms with Gasteiger partial charge in [0, 0.05) is 12.4 Å². The van der Waals surface area contributed by atoms with Crippen molar-refractivity contribution >= 4 is 17.7 Å². The minimum absolute atomic E-state index is 0.601. The van der Waals surface area contributed by atoms with E-state index < -0.39 is 11.5 Å². The molecule has 1 unspecified atom stereocenters. The summed E-state index contributed by atoms with van der Waals surface area (Å²) in [5, 5.41) is 13.1. The van der Waals surface area contributed by atoms with Crippen LogP contribution in [0.25, 0.3) is 0 Å². The Bertz CT molecular complexity index is 375. The number of carboxylic acids is 1. The molecule has 18 heavy (non-hydrogen) atoms. The average molecular weight is 269 g/mol. The molecule has 0 radical (unpaired) electrons. The van der Waals surface area contributed by atoms with E-state index in [1.165, 1.54) is 0 Å². The molecule has 1 rings (SSSR count). The van der Waals surface area contributed by atoms with Crippen molar-refractivity contribution in [2.75, 3.05) is 12.3 Å². The van der Waals surface area contributed by atoms with Gasteiger partial charge in [-0.2, -0.15) is 0 Å². The van der Waals surface area contributed by atoms with Crippen LogP contribution < -0.4 is 5.32 Å². The Morgan fingerprint density at radius 3 is 2.89 bits per heavy atom. The molecule has 0 bridgehead atoms. The predicted octanol–water partition coefficient (Wildman–Crippen LogP) is 1.80. The second-order valence-corrected chi connectivity index (χ2v) is 5.28. The summed E-state index contributed by atoms with van der Waals surface area (Å²) in [6.45, 7) is 4.29. The molecule has 5 nitrogen and oxygen atoms in total. The normalized spacial score (nSPS) is 14.1. The maximum absolute atomic E-state index is 11.2. The van der Waals surface area contributed by atoms with Crippen LogP contribution in [0.1, 0.15) is 26.7 Å². The second kappa shape index (κ2) is 7.33. The van der Waals surface area contributed by atoms with Crippen molar-refractivity contribution in [3.05, 3.63) is 18.6 Å². The predicted molar refractivity (Wildman–Crippen MR) is 71.7 cm³/mol. The fourth-order valence-electron chi connectivity index (χ4n) is 1.62. The first-order valence-electron chi connectivity index (χ1n) is 5.95. The third-order valence-corrected chi connectivity index (χ3v) is 3.65. The van der Waals surface area contributed by atoms with Gasteiger partial charge in [-0.15, -0.1) is 11.8 Å². The van der Waals surface area contributed by atoms with Crippen molar-refractivity contribution in [3.8, 4) is 0 Å². The zero-order valence-corrected chi connectivity index (χ0v) is 11.5. The first kappa shape index (κ1) is 14.9. The number of hydrogen-bond donors (Lipinski definition) is 2. The molecule has 0 aliphatic carbocycles. The Morgan fingerprint density at radius 2 is 2.33 bits per heavy atom. The fourth-order valence-corrected chi connectivity index (χ4v) is 2.39. The Labute approximate surface area is 111 Å². The van der Waals surface area contributed by atoms with Gasteiger partial charge in [0.1, 0.15) is 10.6 Å². The molecule has 1 atom stereocenters. The lowest BCUT2D eigenvalue weighted by Gasteiger charge is -2.25. The van der Waals surface area contributed by atoms with Gasteiger partial charge < -0.3 is 10.4 Å². The van der Waals surface area contributed by atoms with E-state index in [9.17, 15) is 9.90 Å². The van der Waals surface area contributed by atoms with Gasteiger partial charge in [0.2, 0.25) is 0 Å². The summed E-state index contributed by atoms with van der Waals surface area (Å²) in [4.78, 5) is 19.3. The van der Waals surface area contributed by atoms with Crippen LogP contribution in [-0.2, 0) is 4.79 Å². The number of likely N-dealkylation sites (N-methyl/N-ethyl adjacent to an activating group) is 1. The SMILES string of the molecule is CCNC(C)(CCCSc1cnccn1)C(=O)O. The van der Waals surface area contributed by atoms with Crippen LogP contribution in [0.5, 0.6) is 0 Å². The van der Waals surface area contributed by atoms with E-state index in [2.05, 4.69) is 15.3 Å². The Morgan fingerprint density at radius 1 is 1.56 bits per heavy atom. The molecule has 2 N–H and O–H groups in total. The number of aliphatic carboxylic acids is 1. The zero-order valence-electron chi connectivity index (χ0n) is 10.7. The summed E-state index contributed by atoms with van der Waals surface area (Å²) in [6, 6.07) is 0. The molecule has 1 heterocycles. The third kappa shape index (κ3) is 4.62. The van der Waals surface area contributed by atoms with E-state index >= 15 is 0 Å². The minimum atomic E-state index is -0.836. The van der Waals surface area contributed by atoms with Crippen LogP contribution in [0.4, 0.5) is 0 Å². The topological polar surface area (TPSA) is 75.1 Å². The molecule has 0 saturated heterocycles. The molecule has 1 aromatic rings. The number of aromatic nitrogens is 2. The Balaban J connectivity index is 2.34. The van der Waals surface area contributed by atoms with Gasteiger partial charge in [-0.3, -0.25) is 9.78 Å². The summed E-state index contributed by atoms with van der Waals surface area (Å²) in [5.41, 5.74) is -0.836. The van der Waals surface area contributed by atoms with Gasteiger partial charge in [0.05, 0.1) is 6.20 Å². The van der Waals surface area contributed by atoms with Gasteiger partial charge in [0.15, 0.2) is 0 Å². The first-order chi connectivity index (χ1) is 8.58. The maximum Gasteiger partial charge on any atom is 0.323 e. The molecule has 0 amide bonds. The highest BCUT2D eigenvalue weighted by atomic mass is 32.2. The lowest BCUT2D eigenvalue weighted by molar-refractivity contribution is -0.144. The number of rotatable bonds is 8. The van der Waals surface area contributed by atoms with Crippen molar-refractivity contribution in [1.82, 2.24) is 15.3 Å². The van der Waals surface area contributed by atoms with Crippen LogP contribution in [0.3, 0.4) is 0 Å². The largest absolute Gasteiger partial charge is 0.480 e. The van der Waals surface area contributed by atoms with Crippen molar-refractivity contribution in [2.45, 2.75) is 37.3 Å². The molecule has 0 aliphatic rings. The van der Waals surface area contributed by atoms with E-state index in [4.69, 9.17) is 0 Å². The Kier molecular flexibility index (Phi) is 6.07. The number of thioether (sulfide) groups is 1. The molecule has 0 aromatic carbocycles. The summed E-state index contributed by atoms with van der Waals surface area (Å²) in [6.07, 6.45) is 6.42. The van der Waals surface area contributed by atoms with Crippen molar-refractivity contribution in [1.29, 1.82) is 0 Å². The summed E-state index contributed by atoms with van der Waals surface area (Å²) < 4.78 is 0. The smallest absolute Gasteiger partial charge is 0.323 e. The number of carboxylic acid groups (broad SMARTS) is 1. The summed E-state index contributed by atoms with van der Waals surface area (Å²) in [7, 11) is 0. The molecule has 0 aliphatic heterocycles. The van der Waals surface area contributed by atoms with E-state index in [1.54, 1.807) is 37.3 Å². The molecule has 0 fully saturated rings. The van der Waals surface area contributed by atoms with Gasteiger partial charge in [-0.25, -0.2) is 4.98 Å². The monoisotopic (exact) mass is 269 g/mol. The van der Waals surface area contributed by atoms with E-state index in [-0.39, 0.29) is 0 Å². The van der Waals surface area contributed by atoms with Gasteiger partial charge in [0.25, 0.3) is 0 Å². The number of carbonyl (C=O) groups is 1. The lowest BCUT2D eigenvalue weighted by atomic mass is 9.96. The quantitative estimate of drug-likeness (QED) is 0.553. The average Bonchev–Trinajstić information content (AvgIpc) is 2.36. The van der Waals surface area contributed by atoms with Crippen LogP contribution >= 0.6 is 11.8 Å². The molecular formula is C12H19N3O2S. The maximum atomic E-state index is 11.2. The van der Waals surface area contributed by atoms with E-state index in [1.807, 2.05) is 6.92 Å². The number of nitrogens with one attached hydrogen (secondary N) is 1. The first-order valence-corrected chi connectivity index (χ1v) is 6.94. The highest BCUT2D eigenvalue weighted by molar-refractivity contribution is 7.99. The second-order valence-electron chi connectivity index (χ2n) is 4.16. The van der Waals surface area contributed by atoms with Gasteiger partial charge >= 0.3 is 5.97 Å². The van der Waals surface area contributed by atoms with Crippen molar-refractivity contribution < 1.29 is 9.90 Å². The van der Waals surface area contributed by atoms with Crippen molar-refractivity contribution in [3.63, 3.8) is 0 Å². The molecule has 0 saturated carbocycles. The fraction of sp³-hybridized carbons (Fsp3) is 0.583. The van der Waals surface area contributed by atoms with Crippen LogP contribution in [0.2, 0.25) is 0 Å². The molecule has 1 aromatic heterocycles. The lowest BCUT2D eigenvalue weighted by Crippen LogP contribution is -2.49. The summed E-state index contributed by atoms with van der Waals surface area (Å²) >= 11 is 1.60. The minimum Gasteiger partial charge on any atom is -0.480 e. The molecule has 0 spiro atoms. The molecule has 6 heteroatoms. The van der Waals surface area contributed by atoms with Crippen molar-refractivity contribution in [2.24, 2.45) is 0 Å². The van der Waals surface area contributed by atoms with Crippen LogP contribution in [-0.4, -0.2) is 38.9 Å². The number of nitrogens with zero attached hydrogens (tertiary/aromatic N) is 2. The zero-order chi connectivity index (χ0) is 13.4. The van der Waals surface area contributed by atoms with E-state index in [0.29, 0.717) is 13.0 Å². The standard InChI is InChI=1S/C12H19N3O2S/c1-3-15-12(2,11(16)17)5-4-8-18-10-9-13-6-7-14-10/h6-7,9,15H,3-5,8H2,1-2H3,(H,16,17). The summed E-state index contributed by atoms with van der Waals surface area (Å²) in [5.74, 6) is 0.0429. The number of hydrogen-bond acceptors (Lipinski definition) is 5.